The standard InChI is InChI=1S/C13H16N2O3/c16-11-4-1-3-10(7-11)8-13(18)15-6-2-5-14-12(17)9-15/h1,3-4,7,16H,2,5-6,8-9H2,(H,14,17). The third-order valence-electron chi connectivity index (χ3n) is 2.88. The van der Waals surface area contributed by atoms with E-state index in [1.165, 1.54) is 0 Å². The summed E-state index contributed by atoms with van der Waals surface area (Å²) in [6.45, 7) is 1.34. The highest BCUT2D eigenvalue weighted by molar-refractivity contribution is 5.86. The molecule has 0 atom stereocenters. The number of carbonyl (C=O) groups excluding carboxylic acids is 2. The first kappa shape index (κ1) is 12.4. The fourth-order valence-electron chi connectivity index (χ4n) is 1.97. The predicted molar refractivity (Wildman–Crippen MR) is 66.0 cm³/mol. The molecule has 0 aromatic heterocycles. The van der Waals surface area contributed by atoms with E-state index in [0.717, 1.165) is 12.0 Å². The van der Waals surface area contributed by atoms with Crippen molar-refractivity contribution >= 4 is 11.8 Å². The Morgan fingerprint density at radius 3 is 3.06 bits per heavy atom. The zero-order chi connectivity index (χ0) is 13.0. The van der Waals surface area contributed by atoms with Crippen LogP contribution in [0.1, 0.15) is 12.0 Å². The molecule has 0 saturated carbocycles. The van der Waals surface area contributed by atoms with E-state index < -0.39 is 0 Å². The molecule has 1 saturated heterocycles. The van der Waals surface area contributed by atoms with E-state index in [1.54, 1.807) is 29.2 Å². The highest BCUT2D eigenvalue weighted by Crippen LogP contribution is 2.12. The smallest absolute Gasteiger partial charge is 0.239 e. The summed E-state index contributed by atoms with van der Waals surface area (Å²) in [6, 6.07) is 6.62. The lowest BCUT2D eigenvalue weighted by atomic mass is 10.1. The molecule has 18 heavy (non-hydrogen) atoms. The Kier molecular flexibility index (Phi) is 3.82. The molecule has 2 amide bonds. The van der Waals surface area contributed by atoms with E-state index in [1.807, 2.05) is 0 Å². The van der Waals surface area contributed by atoms with E-state index >= 15 is 0 Å². The molecule has 5 heteroatoms. The number of amides is 2. The van der Waals surface area contributed by atoms with E-state index in [-0.39, 0.29) is 30.5 Å². The van der Waals surface area contributed by atoms with Crippen LogP contribution in [0.4, 0.5) is 0 Å². The Balaban J connectivity index is 2.00. The van der Waals surface area contributed by atoms with Crippen molar-refractivity contribution in [1.82, 2.24) is 10.2 Å². The molecule has 2 N–H and O–H groups in total. The lowest BCUT2D eigenvalue weighted by Crippen LogP contribution is -2.38. The SMILES string of the molecule is O=C1CN(C(=O)Cc2cccc(O)c2)CCCN1. The van der Waals surface area contributed by atoms with Gasteiger partial charge in [0.05, 0.1) is 13.0 Å². The van der Waals surface area contributed by atoms with Gasteiger partial charge in [-0.3, -0.25) is 9.59 Å². The molecule has 1 aliphatic heterocycles. The maximum atomic E-state index is 12.0. The van der Waals surface area contributed by atoms with Crippen molar-refractivity contribution in [2.24, 2.45) is 0 Å². The minimum Gasteiger partial charge on any atom is -0.508 e. The fourth-order valence-corrected chi connectivity index (χ4v) is 1.97. The minimum absolute atomic E-state index is 0.0855. The van der Waals surface area contributed by atoms with E-state index in [9.17, 15) is 14.7 Å². The summed E-state index contributed by atoms with van der Waals surface area (Å²) in [5.41, 5.74) is 0.754. The molecule has 5 nitrogen and oxygen atoms in total. The highest BCUT2D eigenvalue weighted by Gasteiger charge is 2.19. The molecule has 1 fully saturated rings. The number of rotatable bonds is 2. The zero-order valence-corrected chi connectivity index (χ0v) is 10.1. The second kappa shape index (κ2) is 5.53. The first-order valence-electron chi connectivity index (χ1n) is 5.97. The van der Waals surface area contributed by atoms with Crippen LogP contribution in [0.15, 0.2) is 24.3 Å². The van der Waals surface area contributed by atoms with Crippen molar-refractivity contribution in [2.45, 2.75) is 12.8 Å². The van der Waals surface area contributed by atoms with Gasteiger partial charge in [-0.05, 0) is 24.1 Å². The van der Waals surface area contributed by atoms with Crippen molar-refractivity contribution in [3.63, 3.8) is 0 Å². The molecular weight excluding hydrogens is 232 g/mol. The second-order valence-electron chi connectivity index (χ2n) is 4.37. The van der Waals surface area contributed by atoms with E-state index in [0.29, 0.717) is 13.1 Å². The minimum atomic E-state index is -0.114. The van der Waals surface area contributed by atoms with Crippen molar-refractivity contribution in [3.05, 3.63) is 29.8 Å². The quantitative estimate of drug-likeness (QED) is 0.790. The van der Waals surface area contributed by atoms with Crippen molar-refractivity contribution < 1.29 is 14.7 Å². The van der Waals surface area contributed by atoms with Crippen LogP contribution in [0.3, 0.4) is 0 Å². The molecule has 0 radical (unpaired) electrons. The van der Waals surface area contributed by atoms with Gasteiger partial charge in [-0.2, -0.15) is 0 Å². The Labute approximate surface area is 105 Å². The fraction of sp³-hybridized carbons (Fsp3) is 0.385. The van der Waals surface area contributed by atoms with Gasteiger partial charge in [0.15, 0.2) is 0 Å². The molecule has 96 valence electrons. The number of nitrogens with one attached hydrogen (secondary N) is 1. The number of phenols is 1. The molecular formula is C13H16N2O3. The largest absolute Gasteiger partial charge is 0.508 e. The van der Waals surface area contributed by atoms with Crippen LogP contribution in [0, 0.1) is 0 Å². The maximum Gasteiger partial charge on any atom is 0.239 e. The molecule has 2 rings (SSSR count). The molecule has 0 unspecified atom stereocenters. The summed E-state index contributed by atoms with van der Waals surface area (Å²) >= 11 is 0. The Morgan fingerprint density at radius 2 is 2.28 bits per heavy atom. The van der Waals surface area contributed by atoms with Crippen LogP contribution in [0.2, 0.25) is 0 Å². The average molecular weight is 248 g/mol. The molecule has 0 bridgehead atoms. The molecule has 1 aliphatic rings. The summed E-state index contributed by atoms with van der Waals surface area (Å²) in [7, 11) is 0. The van der Waals surface area contributed by atoms with Crippen LogP contribution < -0.4 is 5.32 Å². The lowest BCUT2D eigenvalue weighted by Gasteiger charge is -2.18. The van der Waals surface area contributed by atoms with Gasteiger partial charge in [-0.15, -0.1) is 0 Å². The van der Waals surface area contributed by atoms with Gasteiger partial charge >= 0.3 is 0 Å². The number of phenolic OH excluding ortho intramolecular Hbond substituents is 1. The van der Waals surface area contributed by atoms with Crippen LogP contribution in [-0.4, -0.2) is 41.5 Å². The number of hydrogen-bond acceptors (Lipinski definition) is 3. The normalized spacial score (nSPS) is 16.0. The second-order valence-corrected chi connectivity index (χ2v) is 4.37. The van der Waals surface area contributed by atoms with E-state index in [2.05, 4.69) is 5.32 Å². The van der Waals surface area contributed by atoms with Crippen LogP contribution in [0.25, 0.3) is 0 Å². The number of hydrogen-bond donors (Lipinski definition) is 2. The Hall–Kier alpha value is -2.04. The Bertz CT molecular complexity index is 459. The van der Waals surface area contributed by atoms with Crippen LogP contribution in [0.5, 0.6) is 5.75 Å². The summed E-state index contributed by atoms with van der Waals surface area (Å²) in [6.07, 6.45) is 0.985. The summed E-state index contributed by atoms with van der Waals surface area (Å²) in [5.74, 6) is -0.0525. The van der Waals surface area contributed by atoms with Gasteiger partial charge < -0.3 is 15.3 Å². The number of nitrogens with zero attached hydrogens (tertiary/aromatic N) is 1. The van der Waals surface area contributed by atoms with Gasteiger partial charge in [-0.25, -0.2) is 0 Å². The van der Waals surface area contributed by atoms with Crippen molar-refractivity contribution in [1.29, 1.82) is 0 Å². The lowest BCUT2D eigenvalue weighted by molar-refractivity contribution is -0.134. The first-order chi connectivity index (χ1) is 8.65. The van der Waals surface area contributed by atoms with Gasteiger partial charge in [0.25, 0.3) is 0 Å². The Morgan fingerprint density at radius 1 is 1.44 bits per heavy atom. The molecule has 1 aromatic carbocycles. The predicted octanol–water partition coefficient (Wildman–Crippen LogP) is 0.283. The van der Waals surface area contributed by atoms with Gasteiger partial charge in [0, 0.05) is 13.1 Å². The maximum absolute atomic E-state index is 12.0. The topological polar surface area (TPSA) is 69.6 Å². The average Bonchev–Trinajstić information content (AvgIpc) is 2.54. The molecule has 1 heterocycles. The molecule has 0 spiro atoms. The van der Waals surface area contributed by atoms with Crippen LogP contribution >= 0.6 is 0 Å². The third-order valence-corrected chi connectivity index (χ3v) is 2.88. The summed E-state index contributed by atoms with van der Waals surface area (Å²) < 4.78 is 0. The number of benzene rings is 1. The van der Waals surface area contributed by atoms with Gasteiger partial charge in [0.2, 0.25) is 11.8 Å². The summed E-state index contributed by atoms with van der Waals surface area (Å²) in [5, 5.41) is 12.1. The number of carbonyl (C=O) groups is 2. The molecule has 1 aromatic rings. The van der Waals surface area contributed by atoms with E-state index in [4.69, 9.17) is 0 Å². The highest BCUT2D eigenvalue weighted by atomic mass is 16.3. The van der Waals surface area contributed by atoms with Gasteiger partial charge in [-0.1, -0.05) is 12.1 Å². The first-order valence-corrected chi connectivity index (χ1v) is 5.97. The van der Waals surface area contributed by atoms with Crippen molar-refractivity contribution in [2.75, 3.05) is 19.6 Å². The summed E-state index contributed by atoms with van der Waals surface area (Å²) in [4.78, 5) is 25.0. The van der Waals surface area contributed by atoms with Crippen molar-refractivity contribution in [3.8, 4) is 5.75 Å². The number of aromatic hydroxyl groups is 1. The monoisotopic (exact) mass is 248 g/mol. The van der Waals surface area contributed by atoms with Gasteiger partial charge in [0.1, 0.15) is 5.75 Å². The zero-order valence-electron chi connectivity index (χ0n) is 10.1. The molecule has 0 aliphatic carbocycles. The third kappa shape index (κ3) is 3.23. The van der Waals surface area contributed by atoms with Crippen LogP contribution in [-0.2, 0) is 16.0 Å².